The van der Waals surface area contributed by atoms with Crippen LogP contribution in [0.4, 0.5) is 14.5 Å². The molecule has 0 unspecified atom stereocenters. The highest BCUT2D eigenvalue weighted by Gasteiger charge is 2.16. The third-order valence-electron chi connectivity index (χ3n) is 2.42. The van der Waals surface area contributed by atoms with Crippen LogP contribution in [-0.4, -0.2) is 5.91 Å². The smallest absolute Gasteiger partial charge is 0.257 e. The summed E-state index contributed by atoms with van der Waals surface area (Å²) in [7, 11) is 0. The number of anilines is 1. The van der Waals surface area contributed by atoms with E-state index in [2.05, 4.69) is 21.2 Å². The molecule has 2 rings (SSSR count). The maximum absolute atomic E-state index is 13.6. The van der Waals surface area contributed by atoms with Gasteiger partial charge in [-0.2, -0.15) is 0 Å². The first-order valence-electron chi connectivity index (χ1n) is 5.29. The van der Waals surface area contributed by atoms with Crippen molar-refractivity contribution >= 4 is 50.7 Å². The van der Waals surface area contributed by atoms with Crippen molar-refractivity contribution in [2.24, 2.45) is 0 Å². The molecule has 1 amide bonds. The van der Waals surface area contributed by atoms with E-state index >= 15 is 0 Å². The fraction of sp³-hybridized carbons (Fsp3) is 0. The monoisotopic (exact) mass is 379 g/mol. The van der Waals surface area contributed by atoms with E-state index in [4.69, 9.17) is 23.2 Å². The van der Waals surface area contributed by atoms with Crippen LogP contribution in [0.2, 0.25) is 10.0 Å². The van der Waals surface area contributed by atoms with Crippen LogP contribution in [-0.2, 0) is 0 Å². The Morgan fingerprint density at radius 3 is 2.25 bits per heavy atom. The van der Waals surface area contributed by atoms with E-state index in [1.807, 2.05) is 0 Å². The number of carbonyl (C=O) groups excluding carboxylic acids is 1. The van der Waals surface area contributed by atoms with Gasteiger partial charge in [0.05, 0.1) is 10.6 Å². The van der Waals surface area contributed by atoms with Crippen molar-refractivity contribution in [3.8, 4) is 0 Å². The fourth-order valence-corrected chi connectivity index (χ4v) is 2.41. The first-order chi connectivity index (χ1) is 9.38. The van der Waals surface area contributed by atoms with E-state index in [1.165, 1.54) is 18.2 Å². The number of hydrogen-bond donors (Lipinski definition) is 1. The molecule has 7 heteroatoms. The van der Waals surface area contributed by atoms with Crippen LogP contribution in [0.15, 0.2) is 34.8 Å². The molecular weight excluding hydrogens is 375 g/mol. The molecule has 0 bridgehead atoms. The van der Waals surface area contributed by atoms with Gasteiger partial charge in [0.1, 0.15) is 5.69 Å². The summed E-state index contributed by atoms with van der Waals surface area (Å²) in [6.07, 6.45) is 0. The standard InChI is InChI=1S/C13H6BrCl2F2NO/c14-6-3-10(17)12(11(18)4-6)19-13(20)8-2-1-7(15)5-9(8)16/h1-5H,(H,19,20). The molecule has 2 aromatic carbocycles. The van der Waals surface area contributed by atoms with Crippen molar-refractivity contribution in [1.82, 2.24) is 0 Å². The van der Waals surface area contributed by atoms with Gasteiger partial charge in [-0.3, -0.25) is 4.79 Å². The van der Waals surface area contributed by atoms with Crippen LogP contribution in [0.3, 0.4) is 0 Å². The second-order valence-electron chi connectivity index (χ2n) is 3.82. The van der Waals surface area contributed by atoms with E-state index in [0.717, 1.165) is 12.1 Å². The summed E-state index contributed by atoms with van der Waals surface area (Å²) >= 11 is 14.5. The molecule has 0 radical (unpaired) electrons. The van der Waals surface area contributed by atoms with E-state index in [9.17, 15) is 13.6 Å². The molecule has 0 aliphatic carbocycles. The highest BCUT2D eigenvalue weighted by Crippen LogP contribution is 2.26. The molecule has 0 aliphatic rings. The van der Waals surface area contributed by atoms with Gasteiger partial charge in [-0.05, 0) is 30.3 Å². The van der Waals surface area contributed by atoms with Crippen molar-refractivity contribution in [3.63, 3.8) is 0 Å². The van der Waals surface area contributed by atoms with Crippen LogP contribution in [0, 0.1) is 11.6 Å². The van der Waals surface area contributed by atoms with Gasteiger partial charge in [-0.25, -0.2) is 8.78 Å². The van der Waals surface area contributed by atoms with E-state index in [0.29, 0.717) is 5.02 Å². The Morgan fingerprint density at radius 2 is 1.70 bits per heavy atom. The summed E-state index contributed by atoms with van der Waals surface area (Å²) in [6, 6.07) is 6.28. The van der Waals surface area contributed by atoms with Gasteiger partial charge in [-0.15, -0.1) is 0 Å². The molecule has 2 aromatic rings. The van der Waals surface area contributed by atoms with Gasteiger partial charge in [0.15, 0.2) is 11.6 Å². The molecule has 0 aromatic heterocycles. The largest absolute Gasteiger partial charge is 0.317 e. The minimum Gasteiger partial charge on any atom is -0.317 e. The lowest BCUT2D eigenvalue weighted by atomic mass is 10.2. The van der Waals surface area contributed by atoms with E-state index in [1.54, 1.807) is 0 Å². The lowest BCUT2D eigenvalue weighted by Crippen LogP contribution is -2.14. The van der Waals surface area contributed by atoms with Gasteiger partial charge < -0.3 is 5.32 Å². The molecule has 2 nitrogen and oxygen atoms in total. The number of benzene rings is 2. The van der Waals surface area contributed by atoms with Gasteiger partial charge in [0.2, 0.25) is 0 Å². The predicted octanol–water partition coefficient (Wildman–Crippen LogP) is 5.29. The zero-order chi connectivity index (χ0) is 14.9. The Labute approximate surface area is 131 Å². The first kappa shape index (κ1) is 15.2. The Morgan fingerprint density at radius 1 is 1.10 bits per heavy atom. The number of hydrogen-bond acceptors (Lipinski definition) is 1. The van der Waals surface area contributed by atoms with Gasteiger partial charge in [0, 0.05) is 9.50 Å². The average Bonchev–Trinajstić information content (AvgIpc) is 2.33. The van der Waals surface area contributed by atoms with Crippen LogP contribution in [0.25, 0.3) is 0 Å². The van der Waals surface area contributed by atoms with Crippen LogP contribution >= 0.6 is 39.1 Å². The van der Waals surface area contributed by atoms with Crippen molar-refractivity contribution < 1.29 is 13.6 Å². The normalized spacial score (nSPS) is 10.4. The number of nitrogens with one attached hydrogen (secondary N) is 1. The molecule has 104 valence electrons. The second kappa shape index (κ2) is 6.08. The van der Waals surface area contributed by atoms with Gasteiger partial charge in [-0.1, -0.05) is 39.1 Å². The maximum atomic E-state index is 13.6. The second-order valence-corrected chi connectivity index (χ2v) is 5.58. The number of amides is 1. The van der Waals surface area contributed by atoms with Crippen molar-refractivity contribution in [3.05, 3.63) is 62.0 Å². The zero-order valence-corrected chi connectivity index (χ0v) is 12.8. The molecule has 0 spiro atoms. The lowest BCUT2D eigenvalue weighted by Gasteiger charge is -2.09. The molecule has 0 saturated carbocycles. The fourth-order valence-electron chi connectivity index (χ4n) is 1.52. The maximum Gasteiger partial charge on any atom is 0.257 e. The molecular formula is C13H6BrCl2F2NO. The number of halogens is 5. The average molecular weight is 381 g/mol. The minimum atomic E-state index is -0.893. The SMILES string of the molecule is O=C(Nc1c(F)cc(Br)cc1F)c1ccc(Cl)cc1Cl. The number of rotatable bonds is 2. The van der Waals surface area contributed by atoms with Crippen molar-refractivity contribution in [2.45, 2.75) is 0 Å². The third-order valence-corrected chi connectivity index (χ3v) is 3.43. The summed E-state index contributed by atoms with van der Waals surface area (Å²) in [5.74, 6) is -2.52. The molecule has 0 saturated heterocycles. The molecule has 20 heavy (non-hydrogen) atoms. The summed E-state index contributed by atoms with van der Waals surface area (Å²) in [5, 5.41) is 2.59. The van der Waals surface area contributed by atoms with E-state index in [-0.39, 0.29) is 15.1 Å². The van der Waals surface area contributed by atoms with E-state index < -0.39 is 23.2 Å². The molecule has 1 N–H and O–H groups in total. The van der Waals surface area contributed by atoms with Gasteiger partial charge in [0.25, 0.3) is 5.91 Å². The zero-order valence-electron chi connectivity index (χ0n) is 9.68. The van der Waals surface area contributed by atoms with Crippen LogP contribution in [0.5, 0.6) is 0 Å². The molecule has 0 heterocycles. The quantitative estimate of drug-likeness (QED) is 0.753. The summed E-state index contributed by atoms with van der Waals surface area (Å²) < 4.78 is 27.5. The minimum absolute atomic E-state index is 0.0674. The Balaban J connectivity index is 2.33. The summed E-state index contributed by atoms with van der Waals surface area (Å²) in [4.78, 5) is 12.0. The predicted molar refractivity (Wildman–Crippen MR) is 78.5 cm³/mol. The van der Waals surface area contributed by atoms with Crippen LogP contribution < -0.4 is 5.32 Å². The molecule has 0 fully saturated rings. The lowest BCUT2D eigenvalue weighted by molar-refractivity contribution is 0.102. The third kappa shape index (κ3) is 3.29. The highest BCUT2D eigenvalue weighted by atomic mass is 79.9. The summed E-state index contributed by atoms with van der Waals surface area (Å²) in [6.45, 7) is 0. The molecule has 0 aliphatic heterocycles. The Kier molecular flexibility index (Phi) is 4.62. The van der Waals surface area contributed by atoms with Crippen molar-refractivity contribution in [1.29, 1.82) is 0 Å². The Bertz CT molecular complexity index is 671. The topological polar surface area (TPSA) is 29.1 Å². The Hall–Kier alpha value is -1.17. The van der Waals surface area contributed by atoms with Crippen LogP contribution in [0.1, 0.15) is 10.4 Å². The van der Waals surface area contributed by atoms with Crippen molar-refractivity contribution in [2.75, 3.05) is 5.32 Å². The van der Waals surface area contributed by atoms with Gasteiger partial charge >= 0.3 is 0 Å². The number of carbonyl (C=O) groups is 1. The summed E-state index contributed by atoms with van der Waals surface area (Å²) in [5.41, 5.74) is -0.470. The highest BCUT2D eigenvalue weighted by molar-refractivity contribution is 9.10. The molecule has 0 atom stereocenters. The first-order valence-corrected chi connectivity index (χ1v) is 6.84.